The Kier molecular flexibility index (Phi) is 4.16. The molecule has 0 saturated carbocycles. The first kappa shape index (κ1) is 14.2. The summed E-state index contributed by atoms with van der Waals surface area (Å²) in [7, 11) is 1.71. The van der Waals surface area contributed by atoms with E-state index >= 15 is 0 Å². The van der Waals surface area contributed by atoms with Crippen LogP contribution < -0.4 is 11.1 Å². The van der Waals surface area contributed by atoms with E-state index in [1.165, 1.54) is 22.2 Å². The predicted molar refractivity (Wildman–Crippen MR) is 73.0 cm³/mol. The number of nitrogens with zero attached hydrogens (tertiary/aromatic N) is 2. The number of amides is 1. The fraction of sp³-hybridized carbons (Fsp3) is 0.250. The van der Waals surface area contributed by atoms with Crippen molar-refractivity contribution in [1.82, 2.24) is 15.1 Å². The molecule has 106 valence electrons. The van der Waals surface area contributed by atoms with Crippen molar-refractivity contribution in [3.05, 3.63) is 40.3 Å². The molecule has 0 saturated heterocycles. The second-order valence-electron chi connectivity index (χ2n) is 4.22. The molecule has 0 bridgehead atoms. The van der Waals surface area contributed by atoms with Crippen LogP contribution in [0.3, 0.4) is 0 Å². The first-order valence-corrected chi connectivity index (χ1v) is 6.67. The number of aryl methyl sites for hydroxylation is 1. The number of carboxylic acid groups (broad SMARTS) is 1. The maximum Gasteiger partial charge on any atom is 0.331 e. The minimum atomic E-state index is -1.13. The molecule has 2 unspecified atom stereocenters. The molecule has 0 spiro atoms. The van der Waals surface area contributed by atoms with Gasteiger partial charge in [-0.2, -0.15) is 5.10 Å². The monoisotopic (exact) mass is 294 g/mol. The molecule has 0 aliphatic rings. The minimum Gasteiger partial charge on any atom is -0.479 e. The van der Waals surface area contributed by atoms with Gasteiger partial charge in [-0.3, -0.25) is 9.48 Å². The second kappa shape index (κ2) is 5.85. The second-order valence-corrected chi connectivity index (χ2v) is 5.20. The van der Waals surface area contributed by atoms with Gasteiger partial charge < -0.3 is 16.2 Å². The molecule has 20 heavy (non-hydrogen) atoms. The third kappa shape index (κ3) is 3.03. The zero-order valence-electron chi connectivity index (χ0n) is 10.7. The van der Waals surface area contributed by atoms with Gasteiger partial charge in [0.05, 0.1) is 6.20 Å². The predicted octanol–water partition coefficient (Wildman–Crippen LogP) is 0.423. The van der Waals surface area contributed by atoms with Gasteiger partial charge in [-0.1, -0.05) is 6.07 Å². The van der Waals surface area contributed by atoms with Gasteiger partial charge in [0.2, 0.25) is 5.91 Å². The fourth-order valence-electron chi connectivity index (χ4n) is 1.69. The summed E-state index contributed by atoms with van der Waals surface area (Å²) in [6, 6.07) is 1.33. The number of thiophene rings is 1. The third-order valence-corrected chi connectivity index (χ3v) is 3.66. The van der Waals surface area contributed by atoms with E-state index in [0.717, 1.165) is 0 Å². The van der Waals surface area contributed by atoms with E-state index < -0.39 is 24.0 Å². The largest absolute Gasteiger partial charge is 0.479 e. The van der Waals surface area contributed by atoms with Gasteiger partial charge in [-0.05, 0) is 11.4 Å². The van der Waals surface area contributed by atoms with E-state index in [9.17, 15) is 14.7 Å². The van der Waals surface area contributed by atoms with Crippen LogP contribution in [-0.4, -0.2) is 26.8 Å². The third-order valence-electron chi connectivity index (χ3n) is 2.73. The van der Waals surface area contributed by atoms with E-state index in [4.69, 9.17) is 5.73 Å². The molecule has 0 aliphatic heterocycles. The average molecular weight is 294 g/mol. The zero-order chi connectivity index (χ0) is 14.7. The molecule has 2 rings (SSSR count). The quantitative estimate of drug-likeness (QED) is 0.740. The molecule has 2 aromatic heterocycles. The van der Waals surface area contributed by atoms with Gasteiger partial charge in [-0.25, -0.2) is 4.79 Å². The molecule has 8 heteroatoms. The highest BCUT2D eigenvalue weighted by Gasteiger charge is 2.26. The smallest absolute Gasteiger partial charge is 0.331 e. The number of aliphatic carboxylic acids is 1. The molecule has 0 aliphatic carbocycles. The summed E-state index contributed by atoms with van der Waals surface area (Å²) in [5, 5.41) is 17.3. The SMILES string of the molecule is Cn1cc(C(N)C(=O)NC(C(=O)O)c2cccs2)cn1. The van der Waals surface area contributed by atoms with Gasteiger partial charge in [0, 0.05) is 23.7 Å². The lowest BCUT2D eigenvalue weighted by Crippen LogP contribution is -2.39. The lowest BCUT2D eigenvalue weighted by atomic mass is 10.1. The number of hydrogen-bond acceptors (Lipinski definition) is 5. The van der Waals surface area contributed by atoms with Crippen molar-refractivity contribution < 1.29 is 14.7 Å². The Labute approximate surface area is 119 Å². The number of carboxylic acids is 1. The number of carbonyl (C=O) groups is 2. The van der Waals surface area contributed by atoms with Crippen LogP contribution in [0, 0.1) is 0 Å². The summed E-state index contributed by atoms with van der Waals surface area (Å²) in [4.78, 5) is 23.8. The van der Waals surface area contributed by atoms with E-state index in [1.54, 1.807) is 30.8 Å². The summed E-state index contributed by atoms with van der Waals surface area (Å²) >= 11 is 1.26. The Morgan fingerprint density at radius 2 is 2.30 bits per heavy atom. The van der Waals surface area contributed by atoms with Crippen LogP contribution in [0.15, 0.2) is 29.9 Å². The van der Waals surface area contributed by atoms with Crippen LogP contribution in [0.25, 0.3) is 0 Å². The normalized spacial score (nSPS) is 13.7. The summed E-state index contributed by atoms with van der Waals surface area (Å²) in [5.74, 6) is -1.68. The molecule has 4 N–H and O–H groups in total. The Balaban J connectivity index is 2.11. The lowest BCUT2D eigenvalue weighted by molar-refractivity contribution is -0.142. The molecule has 1 amide bonds. The van der Waals surface area contributed by atoms with Crippen molar-refractivity contribution in [1.29, 1.82) is 0 Å². The van der Waals surface area contributed by atoms with Crippen LogP contribution in [0.2, 0.25) is 0 Å². The van der Waals surface area contributed by atoms with E-state index in [0.29, 0.717) is 10.4 Å². The molecule has 2 aromatic rings. The highest BCUT2D eigenvalue weighted by atomic mass is 32.1. The topological polar surface area (TPSA) is 110 Å². The maximum absolute atomic E-state index is 12.0. The minimum absolute atomic E-state index is 0.528. The molecule has 0 aromatic carbocycles. The van der Waals surface area contributed by atoms with Crippen molar-refractivity contribution in [2.24, 2.45) is 12.8 Å². The molecule has 7 nitrogen and oxygen atoms in total. The molecular weight excluding hydrogens is 280 g/mol. The molecular formula is C12H14N4O3S. The molecule has 2 atom stereocenters. The Morgan fingerprint density at radius 1 is 1.55 bits per heavy atom. The van der Waals surface area contributed by atoms with E-state index in [2.05, 4.69) is 10.4 Å². The number of rotatable bonds is 5. The fourth-order valence-corrected chi connectivity index (χ4v) is 2.46. The zero-order valence-corrected chi connectivity index (χ0v) is 11.5. The van der Waals surface area contributed by atoms with Gasteiger partial charge in [0.15, 0.2) is 6.04 Å². The van der Waals surface area contributed by atoms with E-state index in [-0.39, 0.29) is 0 Å². The van der Waals surface area contributed by atoms with Crippen LogP contribution in [0.4, 0.5) is 0 Å². The summed E-state index contributed by atoms with van der Waals surface area (Å²) < 4.78 is 1.52. The maximum atomic E-state index is 12.0. The number of carbonyl (C=O) groups excluding carboxylic acids is 1. The van der Waals surface area contributed by atoms with Crippen molar-refractivity contribution in [3.8, 4) is 0 Å². The molecule has 2 heterocycles. The standard InChI is InChI=1S/C12H14N4O3S/c1-16-6-7(5-14-16)9(13)11(17)15-10(12(18)19)8-3-2-4-20-8/h2-6,9-10H,13H2,1H3,(H,15,17)(H,18,19). The van der Waals surface area contributed by atoms with E-state index in [1.807, 2.05) is 0 Å². The van der Waals surface area contributed by atoms with Crippen molar-refractivity contribution in [2.75, 3.05) is 0 Å². The number of nitrogens with one attached hydrogen (secondary N) is 1. The van der Waals surface area contributed by atoms with Gasteiger partial charge >= 0.3 is 5.97 Å². The van der Waals surface area contributed by atoms with Crippen LogP contribution in [0.1, 0.15) is 22.5 Å². The molecule has 0 fully saturated rings. The first-order valence-electron chi connectivity index (χ1n) is 5.79. The number of aromatic nitrogens is 2. The van der Waals surface area contributed by atoms with Crippen molar-refractivity contribution in [3.63, 3.8) is 0 Å². The van der Waals surface area contributed by atoms with Gasteiger partial charge in [0.25, 0.3) is 0 Å². The van der Waals surface area contributed by atoms with Gasteiger partial charge in [-0.15, -0.1) is 11.3 Å². The van der Waals surface area contributed by atoms with Crippen LogP contribution in [0.5, 0.6) is 0 Å². The van der Waals surface area contributed by atoms with Gasteiger partial charge in [0.1, 0.15) is 6.04 Å². The van der Waals surface area contributed by atoms with Crippen LogP contribution >= 0.6 is 11.3 Å². The Hall–Kier alpha value is -2.19. The highest BCUT2D eigenvalue weighted by Crippen LogP contribution is 2.20. The van der Waals surface area contributed by atoms with Crippen molar-refractivity contribution >= 4 is 23.2 Å². The number of hydrogen-bond donors (Lipinski definition) is 3. The lowest BCUT2D eigenvalue weighted by Gasteiger charge is -2.16. The van der Waals surface area contributed by atoms with Crippen molar-refractivity contribution in [2.45, 2.75) is 12.1 Å². The average Bonchev–Trinajstić information content (AvgIpc) is 3.05. The Bertz CT molecular complexity index is 608. The summed E-state index contributed by atoms with van der Waals surface area (Å²) in [6.45, 7) is 0. The molecule has 0 radical (unpaired) electrons. The Morgan fingerprint density at radius 3 is 2.80 bits per heavy atom. The summed E-state index contributed by atoms with van der Waals surface area (Å²) in [6.07, 6.45) is 3.09. The first-order chi connectivity index (χ1) is 9.49. The highest BCUT2D eigenvalue weighted by molar-refractivity contribution is 7.10. The number of nitrogens with two attached hydrogens (primary N) is 1. The van der Waals surface area contributed by atoms with Crippen LogP contribution in [-0.2, 0) is 16.6 Å². The summed E-state index contributed by atoms with van der Waals surface area (Å²) in [5.41, 5.74) is 6.33.